The topological polar surface area (TPSA) is 38.8 Å². The summed E-state index contributed by atoms with van der Waals surface area (Å²) in [5.74, 6) is 1.04. The third-order valence-electron chi connectivity index (χ3n) is 5.34. The van der Waals surface area contributed by atoms with Gasteiger partial charge in [0.25, 0.3) is 0 Å². The summed E-state index contributed by atoms with van der Waals surface area (Å²) in [6.45, 7) is 2.48. The molecular formula is C17H25NO3. The van der Waals surface area contributed by atoms with Crippen molar-refractivity contribution in [2.45, 2.75) is 63.2 Å². The van der Waals surface area contributed by atoms with Crippen molar-refractivity contribution in [3.05, 3.63) is 11.6 Å². The Kier molecular flexibility index (Phi) is 3.76. The van der Waals surface area contributed by atoms with Gasteiger partial charge in [-0.25, -0.2) is 0 Å². The van der Waals surface area contributed by atoms with Gasteiger partial charge in [0.1, 0.15) is 6.10 Å². The number of hydrogen-bond acceptors (Lipinski definition) is 3. The van der Waals surface area contributed by atoms with Crippen molar-refractivity contribution in [3.8, 4) is 0 Å². The Bertz CT molecular complexity index is 443. The molecule has 4 rings (SSSR count). The van der Waals surface area contributed by atoms with E-state index in [9.17, 15) is 4.79 Å². The van der Waals surface area contributed by atoms with E-state index in [2.05, 4.69) is 11.0 Å². The molecule has 1 amide bonds. The smallest absolute Gasteiger partial charge is 0.249 e. The third-order valence-corrected chi connectivity index (χ3v) is 5.34. The zero-order valence-electron chi connectivity index (χ0n) is 12.6. The minimum Gasteiger partial charge on any atom is -0.375 e. The van der Waals surface area contributed by atoms with Crippen LogP contribution in [-0.4, -0.2) is 48.8 Å². The Morgan fingerprint density at radius 1 is 1.33 bits per heavy atom. The molecule has 2 aliphatic carbocycles. The fourth-order valence-electron chi connectivity index (χ4n) is 3.91. The highest BCUT2D eigenvalue weighted by Crippen LogP contribution is 2.35. The highest BCUT2D eigenvalue weighted by atomic mass is 16.5. The van der Waals surface area contributed by atoms with Crippen LogP contribution in [0.3, 0.4) is 0 Å². The van der Waals surface area contributed by atoms with Gasteiger partial charge in [-0.2, -0.15) is 0 Å². The molecule has 21 heavy (non-hydrogen) atoms. The van der Waals surface area contributed by atoms with Crippen LogP contribution < -0.4 is 0 Å². The van der Waals surface area contributed by atoms with E-state index in [1.807, 2.05) is 0 Å². The summed E-state index contributed by atoms with van der Waals surface area (Å²) in [4.78, 5) is 14.8. The van der Waals surface area contributed by atoms with Gasteiger partial charge in [0.2, 0.25) is 5.91 Å². The maximum absolute atomic E-state index is 12.7. The first-order chi connectivity index (χ1) is 10.3. The lowest BCUT2D eigenvalue weighted by Crippen LogP contribution is -2.55. The fourth-order valence-corrected chi connectivity index (χ4v) is 3.91. The third kappa shape index (κ3) is 2.76. The molecule has 0 aromatic heterocycles. The molecule has 116 valence electrons. The maximum atomic E-state index is 12.7. The van der Waals surface area contributed by atoms with Gasteiger partial charge in [-0.3, -0.25) is 4.79 Å². The molecule has 0 bridgehead atoms. The molecule has 2 aliphatic heterocycles. The number of nitrogens with zero attached hydrogens (tertiary/aromatic N) is 1. The summed E-state index contributed by atoms with van der Waals surface area (Å²) in [5.41, 5.74) is 1.03. The van der Waals surface area contributed by atoms with Crippen LogP contribution in [0.15, 0.2) is 11.6 Å². The normalized spacial score (nSPS) is 35.7. The number of likely N-dealkylation sites (tertiary alicyclic amines) is 1. The van der Waals surface area contributed by atoms with E-state index >= 15 is 0 Å². The molecule has 0 aromatic carbocycles. The van der Waals surface area contributed by atoms with Crippen molar-refractivity contribution in [2.75, 3.05) is 19.8 Å². The Morgan fingerprint density at radius 2 is 2.24 bits per heavy atom. The van der Waals surface area contributed by atoms with Crippen LogP contribution in [0.25, 0.3) is 0 Å². The van der Waals surface area contributed by atoms with Crippen LogP contribution in [0, 0.1) is 5.92 Å². The van der Waals surface area contributed by atoms with Gasteiger partial charge in [-0.15, -0.1) is 0 Å². The summed E-state index contributed by atoms with van der Waals surface area (Å²) in [5, 5.41) is 0. The number of piperidine rings is 1. The van der Waals surface area contributed by atoms with E-state index in [-0.39, 0.29) is 24.2 Å². The van der Waals surface area contributed by atoms with E-state index in [0.717, 1.165) is 63.4 Å². The highest BCUT2D eigenvalue weighted by Gasteiger charge is 2.45. The largest absolute Gasteiger partial charge is 0.375 e. The van der Waals surface area contributed by atoms with E-state index < -0.39 is 0 Å². The van der Waals surface area contributed by atoms with Crippen molar-refractivity contribution >= 4 is 5.91 Å². The maximum Gasteiger partial charge on any atom is 0.249 e. The van der Waals surface area contributed by atoms with Gasteiger partial charge in [-0.1, -0.05) is 6.08 Å². The van der Waals surface area contributed by atoms with Crippen LogP contribution in [0.4, 0.5) is 0 Å². The van der Waals surface area contributed by atoms with Crippen molar-refractivity contribution in [1.29, 1.82) is 0 Å². The molecule has 0 spiro atoms. The average molecular weight is 291 g/mol. The molecule has 4 heteroatoms. The summed E-state index contributed by atoms with van der Waals surface area (Å²) in [6, 6.07) is 0.233. The molecule has 1 saturated carbocycles. The predicted octanol–water partition coefficient (Wildman–Crippen LogP) is 2.28. The summed E-state index contributed by atoms with van der Waals surface area (Å²) in [7, 11) is 0. The molecule has 2 saturated heterocycles. The van der Waals surface area contributed by atoms with Crippen molar-refractivity contribution in [2.24, 2.45) is 5.92 Å². The number of amides is 1. The molecule has 0 unspecified atom stereocenters. The number of hydrogen-bond donors (Lipinski definition) is 0. The monoisotopic (exact) mass is 291 g/mol. The lowest BCUT2D eigenvalue weighted by atomic mass is 9.94. The van der Waals surface area contributed by atoms with E-state index in [4.69, 9.17) is 9.47 Å². The Hall–Kier alpha value is -0.870. The molecule has 0 N–H and O–H groups in total. The predicted molar refractivity (Wildman–Crippen MR) is 78.9 cm³/mol. The Morgan fingerprint density at radius 3 is 3.00 bits per heavy atom. The van der Waals surface area contributed by atoms with Crippen LogP contribution in [0.1, 0.15) is 44.9 Å². The van der Waals surface area contributed by atoms with Gasteiger partial charge in [0.05, 0.1) is 12.1 Å². The van der Waals surface area contributed by atoms with Crippen LogP contribution >= 0.6 is 0 Å². The quantitative estimate of drug-likeness (QED) is 0.797. The first-order valence-corrected chi connectivity index (χ1v) is 8.56. The average Bonchev–Trinajstić information content (AvgIpc) is 2.99. The lowest BCUT2D eigenvalue weighted by Gasteiger charge is -2.41. The molecule has 0 radical (unpaired) electrons. The number of ether oxygens (including phenoxy) is 2. The summed E-state index contributed by atoms with van der Waals surface area (Å²) < 4.78 is 12.0. The van der Waals surface area contributed by atoms with Crippen molar-refractivity contribution < 1.29 is 14.3 Å². The SMILES string of the molecule is O=C(C1=CCCC1)N1CC[C@@H](OCC2CC2)[C@H]2OCC[C@@H]21. The lowest BCUT2D eigenvalue weighted by molar-refractivity contribution is -0.142. The zero-order valence-corrected chi connectivity index (χ0v) is 12.6. The van der Waals surface area contributed by atoms with E-state index in [1.54, 1.807) is 0 Å². The highest BCUT2D eigenvalue weighted by molar-refractivity contribution is 5.94. The van der Waals surface area contributed by atoms with Crippen LogP contribution in [0.5, 0.6) is 0 Å². The number of rotatable bonds is 4. The molecule has 2 heterocycles. The molecule has 0 aromatic rings. The number of fused-ring (bicyclic) bond motifs is 1. The Balaban J connectivity index is 1.42. The van der Waals surface area contributed by atoms with Gasteiger partial charge >= 0.3 is 0 Å². The number of allylic oxidation sites excluding steroid dienone is 1. The minimum atomic E-state index is 0.100. The van der Waals surface area contributed by atoms with Gasteiger partial charge in [0, 0.05) is 25.3 Å². The minimum absolute atomic E-state index is 0.100. The molecular weight excluding hydrogens is 266 g/mol. The summed E-state index contributed by atoms with van der Waals surface area (Å²) in [6.07, 6.45) is 10.1. The van der Waals surface area contributed by atoms with Crippen molar-refractivity contribution in [1.82, 2.24) is 4.90 Å². The molecule has 4 aliphatic rings. The Labute approximate surface area is 126 Å². The van der Waals surface area contributed by atoms with Gasteiger partial charge < -0.3 is 14.4 Å². The van der Waals surface area contributed by atoms with Crippen LogP contribution in [-0.2, 0) is 14.3 Å². The first-order valence-electron chi connectivity index (χ1n) is 8.56. The van der Waals surface area contributed by atoms with Crippen molar-refractivity contribution in [3.63, 3.8) is 0 Å². The van der Waals surface area contributed by atoms with Crippen LogP contribution in [0.2, 0.25) is 0 Å². The molecule has 4 nitrogen and oxygen atoms in total. The number of carbonyl (C=O) groups is 1. The second kappa shape index (κ2) is 5.73. The fraction of sp³-hybridized carbons (Fsp3) is 0.824. The second-order valence-corrected chi connectivity index (χ2v) is 6.92. The van der Waals surface area contributed by atoms with E-state index in [1.165, 1.54) is 12.8 Å². The first kappa shape index (κ1) is 13.8. The standard InChI is InChI=1S/C17H25NO3/c19-17(13-3-1-2-4-13)18-9-7-15(21-11-12-5-6-12)16-14(18)8-10-20-16/h3,12,14-16H,1-2,4-11H2/t14-,15+,16-/m0/s1. The molecule has 3 fully saturated rings. The second-order valence-electron chi connectivity index (χ2n) is 6.92. The van der Waals surface area contributed by atoms with Gasteiger partial charge in [0.15, 0.2) is 0 Å². The molecule has 3 atom stereocenters. The van der Waals surface area contributed by atoms with Gasteiger partial charge in [-0.05, 0) is 50.9 Å². The van der Waals surface area contributed by atoms with E-state index in [0.29, 0.717) is 0 Å². The summed E-state index contributed by atoms with van der Waals surface area (Å²) >= 11 is 0. The number of carbonyl (C=O) groups excluding carboxylic acids is 1. The zero-order chi connectivity index (χ0) is 14.2.